The monoisotopic (exact) mass is 180 g/mol. The third-order valence-corrected chi connectivity index (χ3v) is 3.34. The van der Waals surface area contributed by atoms with Gasteiger partial charge < -0.3 is 5.11 Å². The van der Waals surface area contributed by atoms with Crippen molar-refractivity contribution in [1.29, 1.82) is 0 Å². The van der Waals surface area contributed by atoms with Gasteiger partial charge in [-0.15, -0.1) is 0 Å². The molecule has 2 nitrogen and oxygen atoms in total. The number of carboxylic acid groups (broad SMARTS) is 1. The molecule has 1 atom stereocenters. The van der Waals surface area contributed by atoms with Gasteiger partial charge in [0.25, 0.3) is 0 Å². The van der Waals surface area contributed by atoms with Crippen molar-refractivity contribution in [3.05, 3.63) is 0 Å². The highest BCUT2D eigenvalue weighted by molar-refractivity contribution is 8.76. The SMILES string of the molecule is CSS[C@@H](C)CCC(=O)O. The lowest BCUT2D eigenvalue weighted by Crippen LogP contribution is -2.00. The molecule has 0 rings (SSSR count). The summed E-state index contributed by atoms with van der Waals surface area (Å²) >= 11 is 0. The van der Waals surface area contributed by atoms with Gasteiger partial charge in [0, 0.05) is 11.7 Å². The molecule has 0 saturated carbocycles. The third-order valence-electron chi connectivity index (χ3n) is 1.03. The normalized spacial score (nSPS) is 13.0. The van der Waals surface area contributed by atoms with Crippen LogP contribution in [0, 0.1) is 0 Å². The maximum Gasteiger partial charge on any atom is 0.303 e. The first-order valence-corrected chi connectivity index (χ1v) is 5.70. The highest BCUT2D eigenvalue weighted by atomic mass is 33.1. The standard InChI is InChI=1S/C6H12O2S2/c1-5(10-9-2)3-4-6(7)8/h5H,3-4H2,1-2H3,(H,7,8)/t5-/m0/s1. The van der Waals surface area contributed by atoms with E-state index in [1.807, 2.05) is 13.2 Å². The fraction of sp³-hybridized carbons (Fsp3) is 0.833. The van der Waals surface area contributed by atoms with E-state index in [-0.39, 0.29) is 6.42 Å². The Hall–Kier alpha value is 0.170. The Morgan fingerprint density at radius 1 is 1.70 bits per heavy atom. The molecule has 0 unspecified atom stereocenters. The number of carboxylic acids is 1. The minimum absolute atomic E-state index is 0.286. The number of rotatable bonds is 5. The van der Waals surface area contributed by atoms with E-state index in [1.165, 1.54) is 0 Å². The Labute approximate surface area is 69.2 Å². The first kappa shape index (κ1) is 10.2. The quantitative estimate of drug-likeness (QED) is 0.658. The predicted molar refractivity (Wildman–Crippen MR) is 47.4 cm³/mol. The smallest absolute Gasteiger partial charge is 0.303 e. The van der Waals surface area contributed by atoms with E-state index >= 15 is 0 Å². The molecule has 0 aliphatic rings. The van der Waals surface area contributed by atoms with Gasteiger partial charge in [0.05, 0.1) is 0 Å². The van der Waals surface area contributed by atoms with Crippen LogP contribution in [0.2, 0.25) is 0 Å². The van der Waals surface area contributed by atoms with Crippen molar-refractivity contribution in [2.45, 2.75) is 25.0 Å². The van der Waals surface area contributed by atoms with Crippen LogP contribution in [-0.4, -0.2) is 22.6 Å². The van der Waals surface area contributed by atoms with Gasteiger partial charge in [-0.05, 0) is 12.7 Å². The van der Waals surface area contributed by atoms with Crippen molar-refractivity contribution >= 4 is 27.6 Å². The first-order chi connectivity index (χ1) is 4.66. The highest BCUT2D eigenvalue weighted by Crippen LogP contribution is 2.25. The van der Waals surface area contributed by atoms with E-state index in [1.54, 1.807) is 21.6 Å². The molecule has 0 aliphatic carbocycles. The van der Waals surface area contributed by atoms with Crippen molar-refractivity contribution in [2.75, 3.05) is 6.26 Å². The molecule has 0 fully saturated rings. The molecule has 0 spiro atoms. The highest BCUT2D eigenvalue weighted by Gasteiger charge is 2.04. The summed E-state index contributed by atoms with van der Waals surface area (Å²) in [6.45, 7) is 2.05. The second-order valence-corrected chi connectivity index (χ2v) is 4.91. The summed E-state index contributed by atoms with van der Waals surface area (Å²) in [6, 6.07) is 0. The van der Waals surface area contributed by atoms with Crippen molar-refractivity contribution in [1.82, 2.24) is 0 Å². The molecular formula is C6H12O2S2. The molecule has 0 radical (unpaired) electrons. The minimum Gasteiger partial charge on any atom is -0.481 e. The summed E-state index contributed by atoms with van der Waals surface area (Å²) < 4.78 is 0. The van der Waals surface area contributed by atoms with Crippen molar-refractivity contribution in [2.24, 2.45) is 0 Å². The molecule has 10 heavy (non-hydrogen) atoms. The van der Waals surface area contributed by atoms with E-state index in [9.17, 15) is 4.79 Å². The summed E-state index contributed by atoms with van der Waals surface area (Å²) in [6.07, 6.45) is 3.05. The van der Waals surface area contributed by atoms with E-state index < -0.39 is 5.97 Å². The average molecular weight is 180 g/mol. The summed E-state index contributed by atoms with van der Waals surface area (Å²) in [7, 11) is 3.41. The fourth-order valence-electron chi connectivity index (χ4n) is 0.539. The third kappa shape index (κ3) is 6.29. The van der Waals surface area contributed by atoms with Crippen molar-refractivity contribution in [3.8, 4) is 0 Å². The fourth-order valence-corrected chi connectivity index (χ4v) is 2.36. The average Bonchev–Trinajstić information content (AvgIpc) is 1.85. The van der Waals surface area contributed by atoms with E-state index in [4.69, 9.17) is 5.11 Å². The molecule has 1 N–H and O–H groups in total. The number of hydrogen-bond acceptors (Lipinski definition) is 3. The molecule has 0 aromatic carbocycles. The Morgan fingerprint density at radius 2 is 2.30 bits per heavy atom. The van der Waals surface area contributed by atoms with Gasteiger partial charge >= 0.3 is 5.97 Å². The Balaban J connectivity index is 3.21. The van der Waals surface area contributed by atoms with Gasteiger partial charge in [0.15, 0.2) is 0 Å². The molecule has 0 bridgehead atoms. The lowest BCUT2D eigenvalue weighted by molar-refractivity contribution is -0.137. The van der Waals surface area contributed by atoms with Crippen LogP contribution in [0.3, 0.4) is 0 Å². The van der Waals surface area contributed by atoms with E-state index in [0.29, 0.717) is 5.25 Å². The Morgan fingerprint density at radius 3 is 2.70 bits per heavy atom. The largest absolute Gasteiger partial charge is 0.481 e. The van der Waals surface area contributed by atoms with E-state index in [0.717, 1.165) is 6.42 Å². The molecule has 4 heteroatoms. The topological polar surface area (TPSA) is 37.3 Å². The number of aliphatic carboxylic acids is 1. The zero-order chi connectivity index (χ0) is 7.98. The summed E-state index contributed by atoms with van der Waals surface area (Å²) in [5.41, 5.74) is 0. The van der Waals surface area contributed by atoms with Crippen molar-refractivity contribution in [3.63, 3.8) is 0 Å². The molecule has 0 heterocycles. The van der Waals surface area contributed by atoms with Gasteiger partial charge in [0.2, 0.25) is 0 Å². The van der Waals surface area contributed by atoms with Crippen LogP contribution in [0.5, 0.6) is 0 Å². The summed E-state index contributed by atoms with van der Waals surface area (Å²) in [5, 5.41) is 8.76. The van der Waals surface area contributed by atoms with Crippen LogP contribution in [0.4, 0.5) is 0 Å². The molecule has 0 saturated heterocycles. The van der Waals surface area contributed by atoms with Gasteiger partial charge in [-0.25, -0.2) is 0 Å². The van der Waals surface area contributed by atoms with Gasteiger partial charge in [-0.1, -0.05) is 28.5 Å². The lowest BCUT2D eigenvalue weighted by atomic mass is 10.2. The van der Waals surface area contributed by atoms with Crippen LogP contribution >= 0.6 is 21.6 Å². The zero-order valence-corrected chi connectivity index (χ0v) is 7.80. The Bertz CT molecular complexity index is 106. The van der Waals surface area contributed by atoms with Gasteiger partial charge in [0.1, 0.15) is 0 Å². The molecule has 60 valence electrons. The maximum absolute atomic E-state index is 10.1. The van der Waals surface area contributed by atoms with Crippen LogP contribution in [0.25, 0.3) is 0 Å². The minimum atomic E-state index is -0.700. The molecule has 0 aliphatic heterocycles. The number of hydrogen-bond donors (Lipinski definition) is 1. The summed E-state index contributed by atoms with van der Waals surface area (Å²) in [4.78, 5) is 10.1. The summed E-state index contributed by atoms with van der Waals surface area (Å²) in [5.74, 6) is -0.700. The predicted octanol–water partition coefficient (Wildman–Crippen LogP) is 2.25. The molecular weight excluding hydrogens is 168 g/mol. The second kappa shape index (κ2) is 5.92. The molecule has 0 amide bonds. The van der Waals surface area contributed by atoms with Crippen LogP contribution in [0.15, 0.2) is 0 Å². The Kier molecular flexibility index (Phi) is 6.02. The van der Waals surface area contributed by atoms with Crippen LogP contribution in [0.1, 0.15) is 19.8 Å². The lowest BCUT2D eigenvalue weighted by Gasteiger charge is -2.05. The van der Waals surface area contributed by atoms with Crippen molar-refractivity contribution < 1.29 is 9.90 Å². The van der Waals surface area contributed by atoms with Gasteiger partial charge in [-0.2, -0.15) is 0 Å². The molecule has 0 aromatic rings. The first-order valence-electron chi connectivity index (χ1n) is 3.08. The second-order valence-electron chi connectivity index (χ2n) is 2.01. The maximum atomic E-state index is 10.1. The molecule has 0 aromatic heterocycles. The van der Waals surface area contributed by atoms with E-state index in [2.05, 4.69) is 0 Å². The number of carbonyl (C=O) groups is 1. The van der Waals surface area contributed by atoms with Crippen LogP contribution in [-0.2, 0) is 4.79 Å². The zero-order valence-electron chi connectivity index (χ0n) is 6.16. The van der Waals surface area contributed by atoms with Crippen LogP contribution < -0.4 is 0 Å². The van der Waals surface area contributed by atoms with Gasteiger partial charge in [-0.3, -0.25) is 4.79 Å².